The fraction of sp³-hybridized carbons (Fsp3) is 0.310. The van der Waals surface area contributed by atoms with Crippen LogP contribution in [0.15, 0.2) is 65.4 Å². The van der Waals surface area contributed by atoms with Crippen molar-refractivity contribution in [2.45, 2.75) is 32.1 Å². The summed E-state index contributed by atoms with van der Waals surface area (Å²) >= 11 is 0. The molecule has 4 aromatic rings. The number of aromatic nitrogens is 2. The van der Waals surface area contributed by atoms with Gasteiger partial charge in [0.25, 0.3) is 11.8 Å². The van der Waals surface area contributed by atoms with Gasteiger partial charge in [-0.1, -0.05) is 18.2 Å². The number of likely N-dealkylation sites (tertiary alicyclic amines) is 1. The van der Waals surface area contributed by atoms with Crippen LogP contribution >= 0.6 is 0 Å². The lowest BCUT2D eigenvalue weighted by Crippen LogP contribution is -2.44. The second-order valence-corrected chi connectivity index (χ2v) is 9.57. The molecule has 5 rings (SSSR count). The van der Waals surface area contributed by atoms with Gasteiger partial charge in [-0.25, -0.2) is 0 Å². The molecule has 1 aliphatic rings. The number of hydrogen-bond acceptors (Lipinski definition) is 5. The predicted octanol–water partition coefficient (Wildman–Crippen LogP) is 3.57. The van der Waals surface area contributed by atoms with E-state index in [0.717, 1.165) is 23.3 Å². The molecule has 0 unspecified atom stereocenters. The van der Waals surface area contributed by atoms with Crippen molar-refractivity contribution >= 4 is 28.6 Å². The average Bonchev–Trinajstić information content (AvgIpc) is 3.62. The lowest BCUT2D eigenvalue weighted by Gasteiger charge is -2.32. The van der Waals surface area contributed by atoms with Crippen molar-refractivity contribution in [1.82, 2.24) is 25.5 Å². The van der Waals surface area contributed by atoms with Crippen molar-refractivity contribution in [2.24, 2.45) is 0 Å². The molecule has 0 radical (unpaired) electrons. The highest BCUT2D eigenvalue weighted by atomic mass is 16.3. The van der Waals surface area contributed by atoms with Crippen LogP contribution in [-0.4, -0.2) is 58.8 Å². The summed E-state index contributed by atoms with van der Waals surface area (Å²) in [6.45, 7) is 3.43. The SMILES string of the molecule is Cc1ccc(C(=O)NCCc2c[nH]c3ccccc23)c(C2CCN(C(=O)CNC(=O)c3ccco3)CC2)n1. The zero-order valence-electron chi connectivity index (χ0n) is 21.3. The number of furan rings is 1. The Hall–Kier alpha value is -4.40. The quantitative estimate of drug-likeness (QED) is 0.333. The molecule has 1 aromatic carbocycles. The number of benzene rings is 1. The number of hydrogen-bond donors (Lipinski definition) is 3. The second kappa shape index (κ2) is 11.3. The number of piperidine rings is 1. The van der Waals surface area contributed by atoms with Crippen LogP contribution in [0.25, 0.3) is 10.9 Å². The largest absolute Gasteiger partial charge is 0.459 e. The Kier molecular flexibility index (Phi) is 7.53. The number of pyridine rings is 1. The minimum atomic E-state index is -0.414. The Balaban J connectivity index is 1.16. The van der Waals surface area contributed by atoms with Crippen molar-refractivity contribution in [1.29, 1.82) is 0 Å². The van der Waals surface area contributed by atoms with Crippen LogP contribution < -0.4 is 10.6 Å². The Labute approximate surface area is 220 Å². The molecule has 1 saturated heterocycles. The summed E-state index contributed by atoms with van der Waals surface area (Å²) in [6, 6.07) is 15.0. The van der Waals surface area contributed by atoms with E-state index in [1.54, 1.807) is 17.0 Å². The van der Waals surface area contributed by atoms with E-state index in [1.807, 2.05) is 43.5 Å². The van der Waals surface area contributed by atoms with Gasteiger partial charge in [-0.15, -0.1) is 0 Å². The highest BCUT2D eigenvalue weighted by Crippen LogP contribution is 2.29. The highest BCUT2D eigenvalue weighted by molar-refractivity contribution is 5.96. The zero-order chi connectivity index (χ0) is 26.5. The lowest BCUT2D eigenvalue weighted by atomic mass is 9.89. The average molecular weight is 514 g/mol. The smallest absolute Gasteiger partial charge is 0.287 e. The first-order chi connectivity index (χ1) is 18.5. The van der Waals surface area contributed by atoms with E-state index in [-0.39, 0.29) is 30.0 Å². The van der Waals surface area contributed by atoms with Crippen LogP contribution in [0.5, 0.6) is 0 Å². The standard InChI is InChI=1S/C29H31N5O4/c1-19-8-9-23(28(36)30-13-10-21-17-31-24-6-3-2-5-22(21)24)27(33-19)20-11-14-34(15-12-20)26(35)18-32-29(37)25-7-4-16-38-25/h2-9,16-17,20,31H,10-15,18H2,1H3,(H,30,36)(H,32,37). The molecule has 0 bridgehead atoms. The maximum atomic E-state index is 13.2. The van der Waals surface area contributed by atoms with Gasteiger partial charge in [-0.2, -0.15) is 0 Å². The summed E-state index contributed by atoms with van der Waals surface area (Å²) < 4.78 is 5.06. The maximum Gasteiger partial charge on any atom is 0.287 e. The van der Waals surface area contributed by atoms with Gasteiger partial charge in [0, 0.05) is 48.3 Å². The lowest BCUT2D eigenvalue weighted by molar-refractivity contribution is -0.131. The van der Waals surface area contributed by atoms with E-state index in [0.29, 0.717) is 38.0 Å². The van der Waals surface area contributed by atoms with Gasteiger partial charge in [0.05, 0.1) is 24.1 Å². The molecule has 0 spiro atoms. The Morgan fingerprint density at radius 2 is 1.84 bits per heavy atom. The van der Waals surface area contributed by atoms with Crippen LogP contribution in [0.1, 0.15) is 56.6 Å². The molecule has 3 amide bonds. The predicted molar refractivity (Wildman–Crippen MR) is 143 cm³/mol. The Morgan fingerprint density at radius 3 is 2.63 bits per heavy atom. The van der Waals surface area contributed by atoms with Crippen molar-refractivity contribution in [3.63, 3.8) is 0 Å². The molecule has 9 nitrogen and oxygen atoms in total. The Morgan fingerprint density at radius 1 is 1.03 bits per heavy atom. The topological polar surface area (TPSA) is 120 Å². The monoisotopic (exact) mass is 513 g/mol. The number of fused-ring (bicyclic) bond motifs is 1. The van der Waals surface area contributed by atoms with Gasteiger partial charge >= 0.3 is 0 Å². The minimum Gasteiger partial charge on any atom is -0.459 e. The highest BCUT2D eigenvalue weighted by Gasteiger charge is 2.28. The number of carbonyl (C=O) groups excluding carboxylic acids is 3. The van der Waals surface area contributed by atoms with E-state index in [4.69, 9.17) is 9.40 Å². The molecule has 38 heavy (non-hydrogen) atoms. The first-order valence-electron chi connectivity index (χ1n) is 12.9. The van der Waals surface area contributed by atoms with Gasteiger partial charge in [0.15, 0.2) is 5.76 Å². The third-order valence-electron chi connectivity index (χ3n) is 7.04. The number of aromatic amines is 1. The van der Waals surface area contributed by atoms with Crippen LogP contribution in [0, 0.1) is 6.92 Å². The van der Waals surface area contributed by atoms with Crippen molar-refractivity contribution in [2.75, 3.05) is 26.2 Å². The van der Waals surface area contributed by atoms with Gasteiger partial charge in [-0.05, 0) is 62.1 Å². The van der Waals surface area contributed by atoms with Gasteiger partial charge < -0.3 is 24.9 Å². The molecular weight excluding hydrogens is 482 g/mol. The van der Waals surface area contributed by atoms with Gasteiger partial charge in [-0.3, -0.25) is 19.4 Å². The molecule has 4 heterocycles. The molecule has 0 aliphatic carbocycles. The van der Waals surface area contributed by atoms with Crippen molar-refractivity contribution in [3.05, 3.63) is 89.3 Å². The van der Waals surface area contributed by atoms with Gasteiger partial charge in [0.2, 0.25) is 5.91 Å². The molecule has 3 N–H and O–H groups in total. The maximum absolute atomic E-state index is 13.2. The fourth-order valence-electron chi connectivity index (χ4n) is 4.99. The van der Waals surface area contributed by atoms with E-state index in [1.165, 1.54) is 17.2 Å². The summed E-state index contributed by atoms with van der Waals surface area (Å²) in [5.74, 6) is -0.440. The summed E-state index contributed by atoms with van der Waals surface area (Å²) in [4.78, 5) is 47.6. The first kappa shape index (κ1) is 25.3. The van der Waals surface area contributed by atoms with Crippen LogP contribution in [0.3, 0.4) is 0 Å². The number of H-pyrrole nitrogens is 1. The minimum absolute atomic E-state index is 0.0750. The molecule has 1 fully saturated rings. The number of aryl methyl sites for hydroxylation is 1. The fourth-order valence-corrected chi connectivity index (χ4v) is 4.99. The van der Waals surface area contributed by atoms with Gasteiger partial charge in [0.1, 0.15) is 0 Å². The zero-order valence-corrected chi connectivity index (χ0v) is 21.3. The van der Waals surface area contributed by atoms with Crippen molar-refractivity contribution < 1.29 is 18.8 Å². The third kappa shape index (κ3) is 5.61. The molecule has 3 aromatic heterocycles. The molecule has 1 aliphatic heterocycles. The van der Waals surface area contributed by atoms with E-state index in [9.17, 15) is 14.4 Å². The summed E-state index contributed by atoms with van der Waals surface area (Å²) in [7, 11) is 0. The van der Waals surface area contributed by atoms with Crippen LogP contribution in [0.2, 0.25) is 0 Å². The molecule has 9 heteroatoms. The number of para-hydroxylation sites is 1. The van der Waals surface area contributed by atoms with Crippen LogP contribution in [-0.2, 0) is 11.2 Å². The molecular formula is C29H31N5O4. The summed E-state index contributed by atoms with van der Waals surface area (Å²) in [5.41, 5.74) is 4.48. The number of rotatable bonds is 8. The van der Waals surface area contributed by atoms with E-state index in [2.05, 4.69) is 21.7 Å². The second-order valence-electron chi connectivity index (χ2n) is 9.57. The molecule has 196 valence electrons. The van der Waals surface area contributed by atoms with E-state index < -0.39 is 5.91 Å². The summed E-state index contributed by atoms with van der Waals surface area (Å²) in [6.07, 6.45) is 5.53. The number of amides is 3. The molecule has 0 saturated carbocycles. The Bertz CT molecular complexity index is 1430. The normalized spacial score (nSPS) is 14.0. The number of carbonyl (C=O) groups is 3. The molecule has 0 atom stereocenters. The summed E-state index contributed by atoms with van der Waals surface area (Å²) in [5, 5.41) is 6.83. The number of nitrogens with zero attached hydrogens (tertiary/aromatic N) is 2. The third-order valence-corrected chi connectivity index (χ3v) is 7.04. The number of nitrogens with one attached hydrogen (secondary N) is 3. The van der Waals surface area contributed by atoms with Crippen molar-refractivity contribution in [3.8, 4) is 0 Å². The first-order valence-corrected chi connectivity index (χ1v) is 12.9. The van der Waals surface area contributed by atoms with E-state index >= 15 is 0 Å². The van der Waals surface area contributed by atoms with Crippen LogP contribution in [0.4, 0.5) is 0 Å².